The van der Waals surface area contributed by atoms with E-state index in [0.717, 1.165) is 23.4 Å². The Balaban J connectivity index is 2.43. The minimum atomic E-state index is 0.677. The lowest BCUT2D eigenvalue weighted by molar-refractivity contribution is 0.511. The first-order valence-electron chi connectivity index (χ1n) is 4.86. The Hall–Kier alpha value is -1.35. The molecule has 0 bridgehead atoms. The van der Waals surface area contributed by atoms with E-state index in [2.05, 4.69) is 29.4 Å². The Morgan fingerprint density at radius 3 is 3.00 bits per heavy atom. The van der Waals surface area contributed by atoms with E-state index >= 15 is 0 Å². The Labute approximate surface area is 83.1 Å². The number of nitrogens with one attached hydrogen (secondary N) is 1. The highest BCUT2D eigenvalue weighted by atomic mass is 16.3. The SMILES string of the molecule is CCc1ccc2oc(CNC)nc2c1. The summed E-state index contributed by atoms with van der Waals surface area (Å²) < 4.78 is 5.53. The molecule has 74 valence electrons. The Kier molecular flexibility index (Phi) is 2.50. The molecule has 3 nitrogen and oxygen atoms in total. The molecule has 1 heterocycles. The third kappa shape index (κ3) is 1.63. The summed E-state index contributed by atoms with van der Waals surface area (Å²) in [4.78, 5) is 4.38. The van der Waals surface area contributed by atoms with E-state index in [0.29, 0.717) is 6.54 Å². The van der Waals surface area contributed by atoms with Gasteiger partial charge in [-0.05, 0) is 31.2 Å². The minimum Gasteiger partial charge on any atom is -0.439 e. The second kappa shape index (κ2) is 3.80. The highest BCUT2D eigenvalue weighted by molar-refractivity contribution is 5.73. The maximum Gasteiger partial charge on any atom is 0.209 e. The van der Waals surface area contributed by atoms with Gasteiger partial charge in [0.05, 0.1) is 6.54 Å². The van der Waals surface area contributed by atoms with Gasteiger partial charge in [-0.2, -0.15) is 0 Å². The van der Waals surface area contributed by atoms with Crippen LogP contribution in [-0.4, -0.2) is 12.0 Å². The summed E-state index contributed by atoms with van der Waals surface area (Å²) in [5.74, 6) is 0.746. The monoisotopic (exact) mass is 190 g/mol. The fourth-order valence-electron chi connectivity index (χ4n) is 1.47. The molecule has 0 unspecified atom stereocenters. The van der Waals surface area contributed by atoms with Crippen molar-refractivity contribution >= 4 is 11.1 Å². The van der Waals surface area contributed by atoms with E-state index in [1.54, 1.807) is 0 Å². The van der Waals surface area contributed by atoms with E-state index in [-0.39, 0.29) is 0 Å². The summed E-state index contributed by atoms with van der Waals surface area (Å²) in [5, 5.41) is 3.02. The highest BCUT2D eigenvalue weighted by Crippen LogP contribution is 2.17. The number of aryl methyl sites for hydroxylation is 1. The second-order valence-corrected chi connectivity index (χ2v) is 3.29. The molecule has 0 aliphatic heterocycles. The van der Waals surface area contributed by atoms with E-state index in [4.69, 9.17) is 4.42 Å². The van der Waals surface area contributed by atoms with Gasteiger partial charge in [0.25, 0.3) is 0 Å². The van der Waals surface area contributed by atoms with Gasteiger partial charge in [0.1, 0.15) is 5.52 Å². The number of fused-ring (bicyclic) bond motifs is 1. The van der Waals surface area contributed by atoms with Crippen molar-refractivity contribution in [2.75, 3.05) is 7.05 Å². The molecule has 2 rings (SSSR count). The van der Waals surface area contributed by atoms with E-state index in [1.165, 1.54) is 5.56 Å². The van der Waals surface area contributed by atoms with E-state index in [1.807, 2.05) is 13.1 Å². The van der Waals surface area contributed by atoms with Crippen LogP contribution < -0.4 is 5.32 Å². The summed E-state index contributed by atoms with van der Waals surface area (Å²) in [5.41, 5.74) is 3.11. The standard InChI is InChI=1S/C11H14N2O/c1-3-8-4-5-10-9(6-8)13-11(14-10)7-12-2/h4-6,12H,3,7H2,1-2H3. The number of hydrogen-bond acceptors (Lipinski definition) is 3. The average molecular weight is 190 g/mol. The van der Waals surface area contributed by atoms with Gasteiger partial charge in [-0.1, -0.05) is 13.0 Å². The van der Waals surface area contributed by atoms with Gasteiger partial charge in [0.2, 0.25) is 5.89 Å². The zero-order valence-corrected chi connectivity index (χ0v) is 8.50. The lowest BCUT2D eigenvalue weighted by atomic mass is 10.1. The van der Waals surface area contributed by atoms with Crippen molar-refractivity contribution in [1.29, 1.82) is 0 Å². The van der Waals surface area contributed by atoms with Crippen LogP contribution in [0.2, 0.25) is 0 Å². The smallest absolute Gasteiger partial charge is 0.209 e. The molecule has 0 saturated heterocycles. The first kappa shape index (κ1) is 9.21. The van der Waals surface area contributed by atoms with Crippen LogP contribution in [0, 0.1) is 0 Å². The maximum atomic E-state index is 5.53. The molecule has 0 atom stereocenters. The van der Waals surface area contributed by atoms with Crippen LogP contribution in [0.5, 0.6) is 0 Å². The average Bonchev–Trinajstić information content (AvgIpc) is 2.59. The maximum absolute atomic E-state index is 5.53. The Morgan fingerprint density at radius 2 is 2.29 bits per heavy atom. The summed E-state index contributed by atoms with van der Waals surface area (Å²) in [7, 11) is 1.88. The van der Waals surface area contributed by atoms with Crippen molar-refractivity contribution in [1.82, 2.24) is 10.3 Å². The summed E-state index contributed by atoms with van der Waals surface area (Å²) in [6.07, 6.45) is 1.03. The topological polar surface area (TPSA) is 38.1 Å². The Morgan fingerprint density at radius 1 is 1.43 bits per heavy atom. The molecule has 1 aromatic carbocycles. The molecule has 3 heteroatoms. The predicted molar refractivity (Wildman–Crippen MR) is 56.2 cm³/mol. The fourth-order valence-corrected chi connectivity index (χ4v) is 1.47. The Bertz CT molecular complexity index is 434. The molecule has 1 N–H and O–H groups in total. The van der Waals surface area contributed by atoms with Crippen molar-refractivity contribution < 1.29 is 4.42 Å². The van der Waals surface area contributed by atoms with Crippen LogP contribution in [0.3, 0.4) is 0 Å². The summed E-state index contributed by atoms with van der Waals surface area (Å²) >= 11 is 0. The van der Waals surface area contributed by atoms with Crippen LogP contribution in [0.4, 0.5) is 0 Å². The van der Waals surface area contributed by atoms with E-state index in [9.17, 15) is 0 Å². The third-order valence-electron chi connectivity index (χ3n) is 2.23. The number of oxazole rings is 1. The lowest BCUT2D eigenvalue weighted by Gasteiger charge is -1.92. The third-order valence-corrected chi connectivity index (χ3v) is 2.23. The van der Waals surface area contributed by atoms with Gasteiger partial charge in [-0.25, -0.2) is 4.98 Å². The van der Waals surface area contributed by atoms with Crippen molar-refractivity contribution in [3.05, 3.63) is 29.7 Å². The molecule has 0 radical (unpaired) electrons. The van der Waals surface area contributed by atoms with Crippen LogP contribution in [0.15, 0.2) is 22.6 Å². The van der Waals surface area contributed by atoms with Crippen LogP contribution in [0.25, 0.3) is 11.1 Å². The molecular formula is C11H14N2O. The largest absolute Gasteiger partial charge is 0.439 e. The van der Waals surface area contributed by atoms with Gasteiger partial charge in [0.15, 0.2) is 5.58 Å². The molecule has 0 aliphatic carbocycles. The van der Waals surface area contributed by atoms with Crippen molar-refractivity contribution in [3.8, 4) is 0 Å². The molecule has 2 aromatic rings. The second-order valence-electron chi connectivity index (χ2n) is 3.29. The highest BCUT2D eigenvalue weighted by Gasteiger charge is 2.04. The minimum absolute atomic E-state index is 0.677. The van der Waals surface area contributed by atoms with Gasteiger partial charge in [-0.3, -0.25) is 0 Å². The molecule has 14 heavy (non-hydrogen) atoms. The van der Waals surface area contributed by atoms with E-state index < -0.39 is 0 Å². The molecule has 0 aliphatic rings. The number of rotatable bonds is 3. The summed E-state index contributed by atoms with van der Waals surface area (Å²) in [6.45, 7) is 2.81. The first-order chi connectivity index (χ1) is 6.83. The lowest BCUT2D eigenvalue weighted by Crippen LogP contribution is -2.04. The molecule has 1 aromatic heterocycles. The van der Waals surface area contributed by atoms with Crippen molar-refractivity contribution in [2.24, 2.45) is 0 Å². The number of benzene rings is 1. The molecular weight excluding hydrogens is 176 g/mol. The van der Waals surface area contributed by atoms with Gasteiger partial charge in [-0.15, -0.1) is 0 Å². The molecule has 0 spiro atoms. The first-order valence-corrected chi connectivity index (χ1v) is 4.86. The number of hydrogen-bond donors (Lipinski definition) is 1. The molecule has 0 saturated carbocycles. The predicted octanol–water partition coefficient (Wildman–Crippen LogP) is 2.11. The number of nitrogens with zero attached hydrogens (tertiary/aromatic N) is 1. The van der Waals surface area contributed by atoms with Crippen molar-refractivity contribution in [3.63, 3.8) is 0 Å². The van der Waals surface area contributed by atoms with Gasteiger partial charge in [0, 0.05) is 0 Å². The zero-order chi connectivity index (χ0) is 9.97. The molecule has 0 fully saturated rings. The van der Waals surface area contributed by atoms with Crippen LogP contribution in [-0.2, 0) is 13.0 Å². The zero-order valence-electron chi connectivity index (χ0n) is 8.50. The van der Waals surface area contributed by atoms with Crippen molar-refractivity contribution in [2.45, 2.75) is 19.9 Å². The number of aromatic nitrogens is 1. The van der Waals surface area contributed by atoms with Gasteiger partial charge >= 0.3 is 0 Å². The quantitative estimate of drug-likeness (QED) is 0.805. The van der Waals surface area contributed by atoms with Gasteiger partial charge < -0.3 is 9.73 Å². The van der Waals surface area contributed by atoms with Crippen LogP contribution in [0.1, 0.15) is 18.4 Å². The normalized spacial score (nSPS) is 11.0. The molecule has 0 amide bonds. The fraction of sp³-hybridized carbons (Fsp3) is 0.364. The van der Waals surface area contributed by atoms with Crippen LogP contribution >= 0.6 is 0 Å². The summed E-state index contributed by atoms with van der Waals surface area (Å²) in [6, 6.07) is 6.15.